The number of carbonyl (C=O) groups is 1. The van der Waals surface area contributed by atoms with Gasteiger partial charge in [0.25, 0.3) is 0 Å². The minimum Gasteiger partial charge on any atom is -0.481 e. The molecule has 41 heavy (non-hydrogen) atoms. The van der Waals surface area contributed by atoms with Crippen LogP contribution in [-0.4, -0.2) is 83.6 Å². The Morgan fingerprint density at radius 1 is 1.17 bits per heavy atom. The maximum atomic E-state index is 12.1. The number of carboxylic acids is 1. The van der Waals surface area contributed by atoms with E-state index in [1.54, 1.807) is 0 Å². The summed E-state index contributed by atoms with van der Waals surface area (Å²) >= 11 is 0. The number of carboxylic acid groups (broad SMARTS) is 1. The quantitative estimate of drug-likeness (QED) is 0.334. The summed E-state index contributed by atoms with van der Waals surface area (Å²) < 4.78 is 5.59. The summed E-state index contributed by atoms with van der Waals surface area (Å²) in [7, 11) is 0. The van der Waals surface area contributed by atoms with Crippen LogP contribution >= 0.6 is 0 Å². The monoisotopic (exact) mass is 558 g/mol. The van der Waals surface area contributed by atoms with E-state index in [1.165, 1.54) is 17.7 Å². The van der Waals surface area contributed by atoms with Crippen molar-refractivity contribution >= 4 is 17.5 Å². The van der Waals surface area contributed by atoms with Gasteiger partial charge in [-0.3, -0.25) is 9.89 Å². The van der Waals surface area contributed by atoms with Gasteiger partial charge in [0.2, 0.25) is 0 Å². The Hall–Kier alpha value is -3.43. The van der Waals surface area contributed by atoms with Crippen LogP contribution in [0.2, 0.25) is 0 Å². The Morgan fingerprint density at radius 3 is 2.85 bits per heavy atom. The predicted octanol–water partition coefficient (Wildman–Crippen LogP) is 4.49. The highest BCUT2D eigenvalue weighted by molar-refractivity contribution is 5.71. The van der Waals surface area contributed by atoms with Gasteiger partial charge in [-0.2, -0.15) is 5.10 Å². The number of fused-ring (bicyclic) bond motifs is 1. The number of likely N-dealkylation sites (tertiary alicyclic amines) is 1. The van der Waals surface area contributed by atoms with Gasteiger partial charge in [0.1, 0.15) is 5.82 Å². The van der Waals surface area contributed by atoms with Gasteiger partial charge in [-0.05, 0) is 92.9 Å². The van der Waals surface area contributed by atoms with Crippen molar-refractivity contribution in [2.45, 2.75) is 51.4 Å². The summed E-state index contributed by atoms with van der Waals surface area (Å²) in [5, 5.41) is 20.8. The fraction of sp³-hybridized carbons (Fsp3) is 0.531. The first-order valence-corrected chi connectivity index (χ1v) is 15.2. The first-order chi connectivity index (χ1) is 20.0. The third kappa shape index (κ3) is 6.90. The van der Waals surface area contributed by atoms with Gasteiger partial charge in [-0.25, -0.2) is 4.98 Å². The molecule has 9 nitrogen and oxygen atoms in total. The van der Waals surface area contributed by atoms with E-state index >= 15 is 0 Å². The molecule has 218 valence electrons. The van der Waals surface area contributed by atoms with E-state index in [0.29, 0.717) is 19.1 Å². The predicted molar refractivity (Wildman–Crippen MR) is 161 cm³/mol. The molecular weight excluding hydrogens is 516 g/mol. The van der Waals surface area contributed by atoms with E-state index < -0.39 is 5.97 Å². The second kappa shape index (κ2) is 12.6. The second-order valence-electron chi connectivity index (χ2n) is 11.9. The van der Waals surface area contributed by atoms with E-state index in [9.17, 15) is 9.90 Å². The molecule has 1 aromatic carbocycles. The fourth-order valence-corrected chi connectivity index (χ4v) is 6.58. The Bertz CT molecular complexity index is 1350. The molecule has 0 radical (unpaired) electrons. The molecule has 2 fully saturated rings. The van der Waals surface area contributed by atoms with Crippen molar-refractivity contribution in [1.29, 1.82) is 0 Å². The van der Waals surface area contributed by atoms with Crippen molar-refractivity contribution in [1.82, 2.24) is 20.1 Å². The van der Waals surface area contributed by atoms with Crippen molar-refractivity contribution in [3.8, 4) is 11.3 Å². The molecule has 2 atom stereocenters. The summed E-state index contributed by atoms with van der Waals surface area (Å²) in [5.74, 6) is 0.828. The molecule has 3 N–H and O–H groups in total. The van der Waals surface area contributed by atoms with Gasteiger partial charge in [-0.15, -0.1) is 0 Å². The molecule has 2 saturated heterocycles. The molecule has 3 aromatic rings. The molecule has 9 heteroatoms. The Balaban J connectivity index is 1.16. The molecule has 0 amide bonds. The van der Waals surface area contributed by atoms with Crippen LogP contribution in [0.5, 0.6) is 0 Å². The lowest BCUT2D eigenvalue weighted by molar-refractivity contribution is -0.137. The average molecular weight is 559 g/mol. The third-order valence-electron chi connectivity index (χ3n) is 8.83. The fourth-order valence-electron chi connectivity index (χ4n) is 6.58. The molecule has 0 aliphatic carbocycles. The van der Waals surface area contributed by atoms with Gasteiger partial charge in [0.05, 0.1) is 31.0 Å². The number of aliphatic carboxylic acids is 1. The molecule has 0 saturated carbocycles. The van der Waals surface area contributed by atoms with Gasteiger partial charge in [0, 0.05) is 55.6 Å². The maximum absolute atomic E-state index is 12.1. The van der Waals surface area contributed by atoms with Crippen LogP contribution in [0.3, 0.4) is 0 Å². The summed E-state index contributed by atoms with van der Waals surface area (Å²) in [6, 6.07) is 13.0. The van der Waals surface area contributed by atoms with E-state index in [-0.39, 0.29) is 12.3 Å². The molecule has 0 spiro atoms. The molecule has 6 rings (SSSR count). The number of nitrogens with zero attached hydrogens (tertiary/aromatic N) is 4. The highest BCUT2D eigenvalue weighted by Crippen LogP contribution is 2.33. The Labute approximate surface area is 242 Å². The van der Waals surface area contributed by atoms with Gasteiger partial charge in [0.15, 0.2) is 0 Å². The van der Waals surface area contributed by atoms with Gasteiger partial charge < -0.3 is 25.0 Å². The van der Waals surface area contributed by atoms with Crippen LogP contribution in [0, 0.1) is 12.8 Å². The summed E-state index contributed by atoms with van der Waals surface area (Å²) in [5.41, 5.74) is 7.64. The molecule has 5 heterocycles. The van der Waals surface area contributed by atoms with Crippen LogP contribution in [-0.2, 0) is 22.4 Å². The Morgan fingerprint density at radius 2 is 2.05 bits per heavy atom. The number of pyridine rings is 1. The lowest BCUT2D eigenvalue weighted by atomic mass is 9.92. The minimum absolute atomic E-state index is 0.0941. The number of ether oxygens (including phenoxy) is 1. The number of anilines is 2. The topological polar surface area (TPSA) is 107 Å². The number of rotatable bonds is 10. The number of morpholine rings is 1. The van der Waals surface area contributed by atoms with Crippen LogP contribution in [0.4, 0.5) is 11.5 Å². The van der Waals surface area contributed by atoms with Crippen molar-refractivity contribution in [2.24, 2.45) is 5.92 Å². The molecule has 2 unspecified atom stereocenters. The van der Waals surface area contributed by atoms with Crippen molar-refractivity contribution in [3.63, 3.8) is 0 Å². The van der Waals surface area contributed by atoms with Crippen LogP contribution < -0.4 is 10.2 Å². The number of nitrogens with one attached hydrogen (secondary N) is 2. The van der Waals surface area contributed by atoms with Crippen molar-refractivity contribution in [2.75, 3.05) is 62.7 Å². The number of aromatic nitrogens is 3. The lowest BCUT2D eigenvalue weighted by Gasteiger charge is -2.31. The second-order valence-corrected chi connectivity index (χ2v) is 11.9. The zero-order valence-corrected chi connectivity index (χ0v) is 24.1. The number of hydrogen-bond acceptors (Lipinski definition) is 7. The molecule has 0 bridgehead atoms. The normalized spacial score (nSPS) is 20.0. The number of aromatic amines is 1. The number of H-pyrrole nitrogens is 1. The zero-order chi connectivity index (χ0) is 28.2. The highest BCUT2D eigenvalue weighted by atomic mass is 16.5. The third-order valence-corrected chi connectivity index (χ3v) is 8.83. The maximum Gasteiger partial charge on any atom is 0.304 e. The molecule has 3 aliphatic rings. The van der Waals surface area contributed by atoms with Crippen LogP contribution in [0.25, 0.3) is 11.3 Å². The first kappa shape index (κ1) is 27.7. The number of aryl methyl sites for hydroxylation is 3. The number of hydrogen-bond donors (Lipinski definition) is 3. The molecule has 2 aromatic heterocycles. The van der Waals surface area contributed by atoms with Gasteiger partial charge in [-0.1, -0.05) is 6.07 Å². The van der Waals surface area contributed by atoms with Crippen molar-refractivity contribution in [3.05, 3.63) is 58.9 Å². The van der Waals surface area contributed by atoms with Crippen molar-refractivity contribution < 1.29 is 14.6 Å². The molecule has 3 aliphatic heterocycles. The van der Waals surface area contributed by atoms with E-state index in [2.05, 4.69) is 55.6 Å². The average Bonchev–Trinajstić information content (AvgIpc) is 3.64. The van der Waals surface area contributed by atoms with Crippen LogP contribution in [0.1, 0.15) is 54.1 Å². The zero-order valence-electron chi connectivity index (χ0n) is 24.1. The van der Waals surface area contributed by atoms with E-state index in [4.69, 9.17) is 9.72 Å². The number of benzene rings is 1. The highest BCUT2D eigenvalue weighted by Gasteiger charge is 2.28. The SMILES string of the molecule is Cc1cc(-c2cc(C(CC(=O)O)CN3CCC(CCc4ccc5c(n4)NCCC5)C3)cc(N3CCOCC3)c2)[nH]n1. The summed E-state index contributed by atoms with van der Waals surface area (Å²) in [4.78, 5) is 21.8. The minimum atomic E-state index is -0.756. The smallest absolute Gasteiger partial charge is 0.304 e. The largest absolute Gasteiger partial charge is 0.481 e. The van der Waals surface area contributed by atoms with Gasteiger partial charge >= 0.3 is 5.97 Å². The first-order valence-electron chi connectivity index (χ1n) is 15.2. The summed E-state index contributed by atoms with van der Waals surface area (Å²) in [6.45, 7) is 8.82. The lowest BCUT2D eigenvalue weighted by Crippen LogP contribution is -2.36. The molecular formula is C32H42N6O3. The Kier molecular flexibility index (Phi) is 8.53. The summed E-state index contributed by atoms with van der Waals surface area (Å²) in [6.07, 6.45) is 5.65. The van der Waals surface area contributed by atoms with Crippen LogP contribution in [0.15, 0.2) is 36.4 Å². The van der Waals surface area contributed by atoms with E-state index in [1.807, 2.05) is 13.0 Å². The standard InChI is InChI=1S/C32H42N6O3/c1-22-15-30(36-35-22)26-16-25(17-29(18-26)38-11-13-41-14-12-38)27(19-31(39)40)21-37-10-8-23(20-37)4-6-28-7-5-24-3-2-9-33-32(24)34-28/h5,7,15-18,23,27H,2-4,6,8-14,19-21H2,1H3,(H,33,34)(H,35,36)(H,39,40). The van der Waals surface area contributed by atoms with E-state index in [0.717, 1.165) is 99.0 Å².